The van der Waals surface area contributed by atoms with Gasteiger partial charge in [0.25, 0.3) is 0 Å². The molecule has 7 bridgehead atoms. The van der Waals surface area contributed by atoms with Gasteiger partial charge in [0, 0.05) is 23.3 Å². The predicted molar refractivity (Wildman–Crippen MR) is 160 cm³/mol. The summed E-state index contributed by atoms with van der Waals surface area (Å²) in [6, 6.07) is 4.09. The molecule has 1 saturated heterocycles. The van der Waals surface area contributed by atoms with Gasteiger partial charge >= 0.3 is 11.9 Å². The number of hydrogen-bond donors (Lipinski definition) is 2. The Bertz CT molecular complexity index is 1430. The van der Waals surface area contributed by atoms with E-state index in [9.17, 15) is 14.7 Å². The molecule has 7 nitrogen and oxygen atoms in total. The van der Waals surface area contributed by atoms with Gasteiger partial charge in [-0.1, -0.05) is 47.4 Å². The minimum atomic E-state index is -0.677. The van der Waals surface area contributed by atoms with E-state index in [1.165, 1.54) is 16.4 Å². The van der Waals surface area contributed by atoms with Crippen molar-refractivity contribution in [3.63, 3.8) is 0 Å². The smallest absolute Gasteiger partial charge is 0.340 e. The molecule has 0 aromatic carbocycles. The van der Waals surface area contributed by atoms with E-state index in [0.717, 1.165) is 72.4 Å². The van der Waals surface area contributed by atoms with Crippen LogP contribution in [0.15, 0.2) is 64.3 Å². The number of pyridine rings is 1. The van der Waals surface area contributed by atoms with Crippen molar-refractivity contribution < 1.29 is 24.2 Å². The van der Waals surface area contributed by atoms with Crippen LogP contribution in [0, 0.1) is 29.1 Å². The summed E-state index contributed by atoms with van der Waals surface area (Å²) in [7, 11) is 3.00. The summed E-state index contributed by atoms with van der Waals surface area (Å²) in [5.41, 5.74) is 3.60. The molecule has 0 radical (unpaired) electrons. The quantitative estimate of drug-likeness (QED) is 0.297. The number of unbranched alkanes of at least 4 members (excludes halogenated alkanes) is 1. The van der Waals surface area contributed by atoms with E-state index in [1.54, 1.807) is 10.8 Å². The summed E-state index contributed by atoms with van der Waals surface area (Å²) < 4.78 is 12.1. The zero-order chi connectivity index (χ0) is 28.3. The Kier molecular flexibility index (Phi) is 7.11. The van der Waals surface area contributed by atoms with Crippen LogP contribution in [0.3, 0.4) is 0 Å². The third-order valence-corrected chi connectivity index (χ3v) is 12.4. The van der Waals surface area contributed by atoms with E-state index in [-0.39, 0.29) is 35.6 Å². The lowest BCUT2D eigenvalue weighted by atomic mass is 9.44. The van der Waals surface area contributed by atoms with Gasteiger partial charge in [-0.15, -0.1) is 0 Å². The number of anilines is 1. The van der Waals surface area contributed by atoms with E-state index >= 15 is 0 Å². The van der Waals surface area contributed by atoms with Crippen LogP contribution in [-0.4, -0.2) is 33.3 Å². The van der Waals surface area contributed by atoms with Crippen molar-refractivity contribution in [2.24, 2.45) is 29.1 Å². The molecule has 9 heteroatoms. The van der Waals surface area contributed by atoms with Crippen LogP contribution < -0.4 is 5.32 Å². The molecule has 2 fully saturated rings. The number of fused-ring (bicyclic) bond motifs is 3. The number of cyclic esters (lactones) is 1. The Hall–Kier alpha value is -2.49. The van der Waals surface area contributed by atoms with Gasteiger partial charge in [0.2, 0.25) is 0 Å². The predicted octanol–water partition coefficient (Wildman–Crippen LogP) is 6.44. The maximum Gasteiger partial charge on any atom is 0.340 e. The summed E-state index contributed by atoms with van der Waals surface area (Å²) >= 11 is 0. The molecule has 4 heterocycles. The van der Waals surface area contributed by atoms with Crippen molar-refractivity contribution in [2.75, 3.05) is 11.2 Å². The van der Waals surface area contributed by atoms with Gasteiger partial charge in [-0.25, -0.2) is 14.6 Å². The molecule has 1 aromatic rings. The van der Waals surface area contributed by atoms with Gasteiger partial charge < -0.3 is 19.9 Å². The molecule has 4 aliphatic carbocycles. The number of aliphatic hydroxyl groups is 1. The Morgan fingerprint density at radius 3 is 2.98 bits per heavy atom. The van der Waals surface area contributed by atoms with Gasteiger partial charge in [0.05, 0.1) is 16.9 Å². The highest BCUT2D eigenvalue weighted by Gasteiger charge is 2.68. The highest BCUT2D eigenvalue weighted by molar-refractivity contribution is 8.76. The summed E-state index contributed by atoms with van der Waals surface area (Å²) in [6.07, 6.45) is 12.5. The van der Waals surface area contributed by atoms with Crippen molar-refractivity contribution in [3.05, 3.63) is 69.9 Å². The maximum atomic E-state index is 13.9. The number of carbonyl (C=O) groups excluding carboxylic acids is 2. The number of nitrogens with zero attached hydrogens (tertiary/aromatic N) is 1. The monoisotopic (exact) mass is 592 g/mol. The average Bonchev–Trinajstić information content (AvgIpc) is 3.46. The van der Waals surface area contributed by atoms with E-state index in [1.807, 2.05) is 25.3 Å². The molecule has 6 atom stereocenters. The van der Waals surface area contributed by atoms with Crippen molar-refractivity contribution >= 4 is 39.3 Å². The van der Waals surface area contributed by atoms with Crippen LogP contribution in [-0.2, 0) is 25.5 Å². The van der Waals surface area contributed by atoms with Crippen molar-refractivity contribution in [1.29, 1.82) is 0 Å². The summed E-state index contributed by atoms with van der Waals surface area (Å²) in [5, 5.41) is 14.2. The lowest BCUT2D eigenvalue weighted by molar-refractivity contribution is -0.135. The highest BCUT2D eigenvalue weighted by Crippen LogP contribution is 2.70. The minimum absolute atomic E-state index is 0.0474. The molecule has 0 amide bonds. The Balaban J connectivity index is 1.42. The number of ether oxygens (including phenoxy) is 2. The fourth-order valence-electron chi connectivity index (χ4n) is 8.17. The molecule has 7 aliphatic rings. The zero-order valence-corrected chi connectivity index (χ0v) is 25.1. The number of esters is 2. The van der Waals surface area contributed by atoms with Crippen LogP contribution in [0.1, 0.15) is 64.4 Å². The van der Waals surface area contributed by atoms with Gasteiger partial charge in [-0.2, -0.15) is 0 Å². The normalized spacial score (nSPS) is 35.5. The first-order chi connectivity index (χ1) is 19.9. The largest absolute Gasteiger partial charge is 0.427 e. The number of allylic oxidation sites excluding steroid dienone is 5. The fourth-order valence-corrected chi connectivity index (χ4v) is 10.3. The molecular formula is C32H36N2O5S2. The average molecular weight is 593 g/mol. The molecular weight excluding hydrogens is 556 g/mol. The van der Waals surface area contributed by atoms with Crippen LogP contribution in [0.25, 0.3) is 0 Å². The second kappa shape index (κ2) is 10.7. The van der Waals surface area contributed by atoms with E-state index in [2.05, 4.69) is 29.4 Å². The third-order valence-electron chi connectivity index (χ3n) is 9.95. The fraction of sp³-hybridized carbons (Fsp3) is 0.531. The first kappa shape index (κ1) is 27.3. The topological polar surface area (TPSA) is 97.8 Å². The molecule has 8 rings (SSSR count). The number of aliphatic hydroxyl groups excluding tert-OH is 1. The first-order valence-corrected chi connectivity index (χ1v) is 17.3. The van der Waals surface area contributed by atoms with E-state index < -0.39 is 10.9 Å². The number of aromatic nitrogens is 1. The molecule has 2 N–H and O–H groups in total. The molecule has 216 valence electrons. The van der Waals surface area contributed by atoms with Crippen LogP contribution in [0.2, 0.25) is 0 Å². The van der Waals surface area contributed by atoms with Crippen LogP contribution >= 0.6 is 21.6 Å². The number of hydrogen-bond acceptors (Lipinski definition) is 9. The summed E-state index contributed by atoms with van der Waals surface area (Å²) in [5.74, 6) is 2.56. The molecule has 1 aromatic heterocycles. The van der Waals surface area contributed by atoms with Gasteiger partial charge in [-0.05, 0) is 92.5 Å². The van der Waals surface area contributed by atoms with Gasteiger partial charge in [0.1, 0.15) is 22.8 Å². The third kappa shape index (κ3) is 4.33. The molecule has 1 spiro atoms. The van der Waals surface area contributed by atoms with Gasteiger partial charge in [-0.3, -0.25) is 0 Å². The lowest BCUT2D eigenvalue weighted by Crippen LogP contribution is -2.52. The van der Waals surface area contributed by atoms with Crippen molar-refractivity contribution in [3.8, 4) is 0 Å². The Labute approximate surface area is 248 Å². The molecule has 1 saturated carbocycles. The van der Waals surface area contributed by atoms with E-state index in [0.29, 0.717) is 24.5 Å². The first-order valence-electron chi connectivity index (χ1n) is 14.9. The molecule has 3 aliphatic heterocycles. The number of nitrogens with one attached hydrogen (secondary N) is 1. The summed E-state index contributed by atoms with van der Waals surface area (Å²) in [6.45, 7) is 4.14. The summed E-state index contributed by atoms with van der Waals surface area (Å²) in [4.78, 5) is 32.0. The standard InChI is InChI=1S/C32H36N2O5S2/c1-3-4-5-23-21-8-7-20-19-10-12-32(27(20)26(21)29(35)38-23)24-9-6-17(2)31(37)41-40-16-34-25-15-18(11-13-33-25)14-22(19)28(32)30(36)39-24/h5,9,11,13,15,17,19-20,27,31,37H,3-4,6-8,10,12,14,16H2,1-2H3,(H,33,34). The number of rotatable bonds is 2. The maximum absolute atomic E-state index is 13.9. The van der Waals surface area contributed by atoms with Crippen molar-refractivity contribution in [2.45, 2.75) is 70.7 Å². The van der Waals surface area contributed by atoms with Crippen LogP contribution in [0.5, 0.6) is 0 Å². The van der Waals surface area contributed by atoms with Crippen molar-refractivity contribution in [1.82, 2.24) is 4.98 Å². The SMILES string of the molecule is CCCC=C1OC(=O)C2=C1CCC1C3CCC4(C5=CCC(C)C(O)SSCNc6cc(ccn6)CC3=C4C(=O)O5)C21. The Morgan fingerprint density at radius 2 is 2.12 bits per heavy atom. The van der Waals surface area contributed by atoms with Crippen LogP contribution in [0.4, 0.5) is 5.82 Å². The zero-order valence-electron chi connectivity index (χ0n) is 23.5. The lowest BCUT2D eigenvalue weighted by Gasteiger charge is -2.56. The van der Waals surface area contributed by atoms with E-state index in [4.69, 9.17) is 9.47 Å². The Morgan fingerprint density at radius 1 is 1.24 bits per heavy atom. The molecule has 41 heavy (non-hydrogen) atoms. The van der Waals surface area contributed by atoms with Gasteiger partial charge in [0.15, 0.2) is 0 Å². The molecule has 6 unspecified atom stereocenters. The highest BCUT2D eigenvalue weighted by atomic mass is 33.1. The number of carbonyl (C=O) groups is 2. The minimum Gasteiger partial charge on any atom is -0.427 e. The second-order valence-corrected chi connectivity index (χ2v) is 14.6. The second-order valence-electron chi connectivity index (χ2n) is 12.2.